The lowest BCUT2D eigenvalue weighted by molar-refractivity contribution is 0.302. The Hall–Kier alpha value is -1.97. The largest absolute Gasteiger partial charge is 0.410 e. The highest BCUT2D eigenvalue weighted by Crippen LogP contribution is 2.11. The predicted molar refractivity (Wildman–Crippen MR) is 46.0 cm³/mol. The maximum absolute atomic E-state index is 8.54. The van der Waals surface area contributed by atoms with Crippen LogP contribution in [0.3, 0.4) is 0 Å². The first kappa shape index (κ1) is 7.67. The van der Waals surface area contributed by atoms with E-state index in [-0.39, 0.29) is 0 Å². The molecular formula is C9H7N3O. The summed E-state index contributed by atoms with van der Waals surface area (Å²) in [6.45, 7) is 0. The van der Waals surface area contributed by atoms with Gasteiger partial charge in [0.1, 0.15) is 5.36 Å². The lowest BCUT2D eigenvalue weighted by Gasteiger charge is -1.95. The van der Waals surface area contributed by atoms with Gasteiger partial charge in [-0.1, -0.05) is 5.16 Å². The van der Waals surface area contributed by atoms with Crippen LogP contribution in [0.1, 0.15) is 0 Å². The minimum atomic E-state index is 0.502. The van der Waals surface area contributed by atoms with Crippen LogP contribution in [0.25, 0.3) is 11.3 Å². The molecule has 13 heavy (non-hydrogen) atoms. The number of aromatic nitrogens is 2. The first-order valence-corrected chi connectivity index (χ1v) is 3.78. The molecule has 1 N–H and O–H groups in total. The molecule has 0 fully saturated rings. The summed E-state index contributed by atoms with van der Waals surface area (Å²) in [7, 11) is 0. The van der Waals surface area contributed by atoms with Gasteiger partial charge in [0.25, 0.3) is 0 Å². The van der Waals surface area contributed by atoms with Crippen molar-refractivity contribution in [1.29, 1.82) is 0 Å². The monoisotopic (exact) mass is 173 g/mol. The van der Waals surface area contributed by atoms with Crippen LogP contribution in [-0.2, 0) is 0 Å². The summed E-state index contributed by atoms with van der Waals surface area (Å²) in [5.74, 6) is 0. The summed E-state index contributed by atoms with van der Waals surface area (Å²) in [5, 5.41) is 12.1. The van der Waals surface area contributed by atoms with E-state index in [1.807, 2.05) is 0 Å². The van der Waals surface area contributed by atoms with E-state index >= 15 is 0 Å². The molecule has 0 bridgehead atoms. The molecule has 0 saturated heterocycles. The van der Waals surface area contributed by atoms with E-state index in [2.05, 4.69) is 15.1 Å². The van der Waals surface area contributed by atoms with Crippen molar-refractivity contribution in [3.63, 3.8) is 0 Å². The lowest BCUT2D eigenvalue weighted by atomic mass is 10.1. The van der Waals surface area contributed by atoms with E-state index < -0.39 is 0 Å². The summed E-state index contributed by atoms with van der Waals surface area (Å²) in [6, 6.07) is 5.19. The average Bonchev–Trinajstić information content (AvgIpc) is 2.41. The van der Waals surface area contributed by atoms with Gasteiger partial charge in [0, 0.05) is 24.2 Å². The molecule has 0 aromatic rings. The Morgan fingerprint density at radius 2 is 2.15 bits per heavy atom. The highest BCUT2D eigenvalue weighted by molar-refractivity contribution is 5.57. The van der Waals surface area contributed by atoms with E-state index in [1.54, 1.807) is 36.8 Å². The average molecular weight is 173 g/mol. The zero-order valence-corrected chi connectivity index (χ0v) is 6.75. The van der Waals surface area contributed by atoms with E-state index in [1.165, 1.54) is 0 Å². The SMILES string of the molecule is ON=c1ccc2nccncc-2c1. The van der Waals surface area contributed by atoms with Crippen LogP contribution in [0, 0.1) is 0 Å². The maximum atomic E-state index is 8.54. The molecular weight excluding hydrogens is 166 g/mol. The van der Waals surface area contributed by atoms with E-state index in [9.17, 15) is 0 Å². The smallest absolute Gasteiger partial charge is 0.103 e. The van der Waals surface area contributed by atoms with Crippen molar-refractivity contribution in [3.05, 3.63) is 42.1 Å². The number of hydrogen-bond acceptors (Lipinski definition) is 4. The summed E-state index contributed by atoms with van der Waals surface area (Å²) in [6.07, 6.45) is 4.91. The maximum Gasteiger partial charge on any atom is 0.103 e. The van der Waals surface area contributed by atoms with Crippen molar-refractivity contribution in [2.24, 2.45) is 5.16 Å². The van der Waals surface area contributed by atoms with Crippen molar-refractivity contribution in [1.82, 2.24) is 9.97 Å². The molecule has 4 nitrogen and oxygen atoms in total. The van der Waals surface area contributed by atoms with Crippen LogP contribution in [0.15, 0.2) is 41.9 Å². The molecule has 0 radical (unpaired) electrons. The molecule has 64 valence electrons. The predicted octanol–water partition coefficient (Wildman–Crippen LogP) is 0.871. The third-order valence-electron chi connectivity index (χ3n) is 1.71. The topological polar surface area (TPSA) is 58.4 Å². The molecule has 0 saturated carbocycles. The summed E-state index contributed by atoms with van der Waals surface area (Å²) in [5.41, 5.74) is 1.67. The van der Waals surface area contributed by atoms with Crippen molar-refractivity contribution in [2.75, 3.05) is 0 Å². The molecule has 0 aromatic heterocycles. The fourth-order valence-corrected chi connectivity index (χ4v) is 1.10. The van der Waals surface area contributed by atoms with Gasteiger partial charge in [-0.05, 0) is 18.2 Å². The van der Waals surface area contributed by atoms with Gasteiger partial charge < -0.3 is 5.21 Å². The first-order chi connectivity index (χ1) is 6.40. The van der Waals surface area contributed by atoms with Gasteiger partial charge in [0.05, 0.1) is 5.69 Å². The van der Waals surface area contributed by atoms with Crippen LogP contribution in [-0.4, -0.2) is 15.2 Å². The summed E-state index contributed by atoms with van der Waals surface area (Å²) < 4.78 is 0. The third-order valence-corrected chi connectivity index (χ3v) is 1.71. The van der Waals surface area contributed by atoms with Gasteiger partial charge in [-0.2, -0.15) is 0 Å². The van der Waals surface area contributed by atoms with Crippen LogP contribution in [0.2, 0.25) is 0 Å². The van der Waals surface area contributed by atoms with E-state index in [0.29, 0.717) is 5.36 Å². The first-order valence-electron chi connectivity index (χ1n) is 3.78. The Bertz CT molecular complexity index is 455. The normalized spacial score (nSPS) is 11.8. The van der Waals surface area contributed by atoms with Gasteiger partial charge in [-0.15, -0.1) is 0 Å². The van der Waals surface area contributed by atoms with Crippen molar-refractivity contribution < 1.29 is 5.21 Å². The Morgan fingerprint density at radius 1 is 1.23 bits per heavy atom. The molecule has 0 spiro atoms. The zero-order valence-electron chi connectivity index (χ0n) is 6.75. The van der Waals surface area contributed by atoms with Crippen molar-refractivity contribution in [3.8, 4) is 11.3 Å². The number of fused-ring (bicyclic) bond motifs is 1. The van der Waals surface area contributed by atoms with Crippen LogP contribution in [0.4, 0.5) is 0 Å². The molecule has 0 atom stereocenters. The second kappa shape index (κ2) is 3.18. The fraction of sp³-hybridized carbons (Fsp3) is 0. The minimum Gasteiger partial charge on any atom is -0.410 e. The summed E-state index contributed by atoms with van der Waals surface area (Å²) >= 11 is 0. The van der Waals surface area contributed by atoms with Gasteiger partial charge in [0.15, 0.2) is 0 Å². The Kier molecular flexibility index (Phi) is 1.88. The second-order valence-corrected chi connectivity index (χ2v) is 2.55. The number of nitrogens with zero attached hydrogens (tertiary/aromatic N) is 3. The molecule has 0 aromatic carbocycles. The molecule has 0 unspecified atom stereocenters. The molecule has 4 heteroatoms. The number of rotatable bonds is 0. The highest BCUT2D eigenvalue weighted by Gasteiger charge is 1.98. The third kappa shape index (κ3) is 1.46. The van der Waals surface area contributed by atoms with E-state index in [4.69, 9.17) is 5.21 Å². The highest BCUT2D eigenvalue weighted by atomic mass is 16.4. The molecule has 1 aliphatic carbocycles. The Labute approximate surface area is 74.6 Å². The van der Waals surface area contributed by atoms with Crippen LogP contribution in [0.5, 0.6) is 0 Å². The zero-order chi connectivity index (χ0) is 9.10. The van der Waals surface area contributed by atoms with Crippen LogP contribution >= 0.6 is 0 Å². The molecule has 1 aliphatic heterocycles. The second-order valence-electron chi connectivity index (χ2n) is 2.55. The standard InChI is InChI=1S/C9H7N3O/c13-12-8-1-2-9-7(5-8)6-10-3-4-11-9/h1-6,13H. The van der Waals surface area contributed by atoms with Gasteiger partial charge in [0.2, 0.25) is 0 Å². The quantitative estimate of drug-likeness (QED) is 0.475. The minimum absolute atomic E-state index is 0.502. The van der Waals surface area contributed by atoms with Crippen molar-refractivity contribution in [2.45, 2.75) is 0 Å². The van der Waals surface area contributed by atoms with Gasteiger partial charge >= 0.3 is 0 Å². The van der Waals surface area contributed by atoms with Crippen LogP contribution < -0.4 is 5.36 Å². The number of hydrogen-bond donors (Lipinski definition) is 1. The molecule has 2 aliphatic rings. The Balaban J connectivity index is 2.78. The van der Waals surface area contributed by atoms with Gasteiger partial charge in [-0.3, -0.25) is 9.97 Å². The fourth-order valence-electron chi connectivity index (χ4n) is 1.10. The lowest BCUT2D eigenvalue weighted by Crippen LogP contribution is -2.00. The Morgan fingerprint density at radius 3 is 3.00 bits per heavy atom. The molecule has 1 heterocycles. The van der Waals surface area contributed by atoms with Gasteiger partial charge in [-0.25, -0.2) is 0 Å². The molecule has 2 rings (SSSR count). The van der Waals surface area contributed by atoms with E-state index in [0.717, 1.165) is 11.3 Å². The molecule has 0 amide bonds. The number of benzene rings is 1. The summed E-state index contributed by atoms with van der Waals surface area (Å²) in [4.78, 5) is 8.10. The van der Waals surface area contributed by atoms with Crippen molar-refractivity contribution >= 4 is 0 Å².